The van der Waals surface area contributed by atoms with Gasteiger partial charge in [0, 0.05) is 18.5 Å². The van der Waals surface area contributed by atoms with Gasteiger partial charge in [-0.05, 0) is 30.6 Å². The van der Waals surface area contributed by atoms with E-state index < -0.39 is 5.97 Å². The summed E-state index contributed by atoms with van der Waals surface area (Å²) in [5.41, 5.74) is 0.391. The molecule has 5 nitrogen and oxygen atoms in total. The highest BCUT2D eigenvalue weighted by Gasteiger charge is 2.33. The lowest BCUT2D eigenvalue weighted by molar-refractivity contribution is 0.0694. The van der Waals surface area contributed by atoms with E-state index in [-0.39, 0.29) is 23.3 Å². The number of amides is 1. The zero-order valence-electron chi connectivity index (χ0n) is 13.7. The highest BCUT2D eigenvalue weighted by atomic mass is 16.4. The number of rotatable bonds is 4. The molecule has 1 aliphatic carbocycles. The van der Waals surface area contributed by atoms with E-state index in [1.165, 1.54) is 6.07 Å². The van der Waals surface area contributed by atoms with Crippen LogP contribution in [-0.2, 0) is 6.42 Å². The van der Waals surface area contributed by atoms with Crippen molar-refractivity contribution in [1.82, 2.24) is 5.32 Å². The van der Waals surface area contributed by atoms with Crippen LogP contribution >= 0.6 is 0 Å². The minimum absolute atomic E-state index is 0.0745. The zero-order valence-corrected chi connectivity index (χ0v) is 13.7. The maximum Gasteiger partial charge on any atom is 0.339 e. The van der Waals surface area contributed by atoms with Crippen LogP contribution < -0.4 is 5.32 Å². The van der Waals surface area contributed by atoms with Gasteiger partial charge in [-0.25, -0.2) is 4.79 Å². The van der Waals surface area contributed by atoms with E-state index >= 15 is 0 Å². The molecule has 5 heteroatoms. The molecule has 0 radical (unpaired) electrons. The summed E-state index contributed by atoms with van der Waals surface area (Å²) >= 11 is 0. The third kappa shape index (κ3) is 3.51. The van der Waals surface area contributed by atoms with Gasteiger partial charge in [0.05, 0.1) is 0 Å². The second-order valence-corrected chi connectivity index (χ2v) is 7.07. The smallest absolute Gasteiger partial charge is 0.339 e. The molecule has 0 aromatic carbocycles. The van der Waals surface area contributed by atoms with Gasteiger partial charge in [-0.15, -0.1) is 0 Å². The molecule has 0 aliphatic heterocycles. The van der Waals surface area contributed by atoms with Crippen LogP contribution in [0, 0.1) is 11.3 Å². The Kier molecular flexibility index (Phi) is 4.63. The highest BCUT2D eigenvalue weighted by Crippen LogP contribution is 2.38. The van der Waals surface area contributed by atoms with Crippen molar-refractivity contribution in [2.45, 2.75) is 59.4 Å². The molecular weight excluding hydrogens is 282 g/mol. The molecule has 122 valence electrons. The predicted octanol–water partition coefficient (Wildman–Crippen LogP) is 3.48. The van der Waals surface area contributed by atoms with Crippen molar-refractivity contribution < 1.29 is 19.1 Å². The van der Waals surface area contributed by atoms with Gasteiger partial charge in [-0.1, -0.05) is 27.7 Å². The van der Waals surface area contributed by atoms with Gasteiger partial charge in [-0.3, -0.25) is 4.79 Å². The van der Waals surface area contributed by atoms with E-state index in [1.807, 2.05) is 0 Å². The molecule has 1 aliphatic rings. The standard InChI is InChI=1S/C17H25NO4/c1-5-13-11(16(20)21)8-14(22-13)15(19)18-12-6-7-17(3,4)9-10(12)2/h8,10,12H,5-7,9H2,1-4H3,(H,18,19)(H,20,21). The largest absolute Gasteiger partial charge is 0.478 e. The monoisotopic (exact) mass is 307 g/mol. The lowest BCUT2D eigenvalue weighted by Gasteiger charge is -2.39. The SMILES string of the molecule is CCc1oc(C(=O)NC2CCC(C)(C)CC2C)cc1C(=O)O. The van der Waals surface area contributed by atoms with E-state index in [9.17, 15) is 9.59 Å². The van der Waals surface area contributed by atoms with Crippen molar-refractivity contribution >= 4 is 11.9 Å². The summed E-state index contributed by atoms with van der Waals surface area (Å²) in [6.45, 7) is 8.45. The van der Waals surface area contributed by atoms with Gasteiger partial charge < -0.3 is 14.8 Å². The molecule has 1 aromatic heterocycles. The summed E-state index contributed by atoms with van der Waals surface area (Å²) in [6, 6.07) is 1.44. The normalized spacial score (nSPS) is 24.0. The molecule has 2 N–H and O–H groups in total. The molecule has 1 amide bonds. The first-order valence-corrected chi connectivity index (χ1v) is 7.90. The minimum atomic E-state index is -1.06. The van der Waals surface area contributed by atoms with E-state index in [0.717, 1.165) is 19.3 Å². The van der Waals surface area contributed by atoms with Crippen molar-refractivity contribution in [3.05, 3.63) is 23.2 Å². The van der Waals surface area contributed by atoms with Crippen LogP contribution in [0.25, 0.3) is 0 Å². The number of carbonyl (C=O) groups is 2. The molecule has 1 saturated carbocycles. The van der Waals surface area contributed by atoms with Gasteiger partial charge in [0.1, 0.15) is 11.3 Å². The zero-order chi connectivity index (χ0) is 16.5. The molecule has 0 bridgehead atoms. The van der Waals surface area contributed by atoms with Crippen LogP contribution in [0.15, 0.2) is 10.5 Å². The molecule has 2 unspecified atom stereocenters. The lowest BCUT2D eigenvalue weighted by Crippen LogP contribution is -2.44. The molecule has 2 atom stereocenters. The number of carboxylic acids is 1. The summed E-state index contributed by atoms with van der Waals surface area (Å²) in [6.07, 6.45) is 3.52. The van der Waals surface area contributed by atoms with Crippen molar-refractivity contribution in [1.29, 1.82) is 0 Å². The number of aryl methyl sites for hydroxylation is 1. The number of hydrogen-bond donors (Lipinski definition) is 2. The minimum Gasteiger partial charge on any atom is -0.478 e. The number of carbonyl (C=O) groups excluding carboxylic acids is 1. The van der Waals surface area contributed by atoms with E-state index in [1.54, 1.807) is 6.92 Å². The van der Waals surface area contributed by atoms with Gasteiger partial charge >= 0.3 is 5.97 Å². The Balaban J connectivity index is 2.08. The second-order valence-electron chi connectivity index (χ2n) is 7.07. The Morgan fingerprint density at radius 2 is 2.14 bits per heavy atom. The van der Waals surface area contributed by atoms with Crippen LogP contribution in [0.3, 0.4) is 0 Å². The van der Waals surface area contributed by atoms with Crippen LogP contribution in [0.4, 0.5) is 0 Å². The van der Waals surface area contributed by atoms with Gasteiger partial charge in [0.25, 0.3) is 5.91 Å². The van der Waals surface area contributed by atoms with Crippen LogP contribution in [0.5, 0.6) is 0 Å². The molecular formula is C17H25NO4. The molecule has 1 heterocycles. The molecule has 1 fully saturated rings. The third-order valence-corrected chi connectivity index (χ3v) is 4.59. The Morgan fingerprint density at radius 3 is 2.64 bits per heavy atom. The summed E-state index contributed by atoms with van der Waals surface area (Å²) in [5, 5.41) is 12.1. The first kappa shape index (κ1) is 16.6. The maximum absolute atomic E-state index is 12.3. The maximum atomic E-state index is 12.3. The Labute approximate surface area is 131 Å². The quantitative estimate of drug-likeness (QED) is 0.892. The van der Waals surface area contributed by atoms with Crippen molar-refractivity contribution in [3.63, 3.8) is 0 Å². The van der Waals surface area contributed by atoms with Gasteiger partial charge in [0.2, 0.25) is 0 Å². The number of nitrogens with one attached hydrogen (secondary N) is 1. The summed E-state index contributed by atoms with van der Waals surface area (Å²) < 4.78 is 5.41. The van der Waals surface area contributed by atoms with Crippen LogP contribution in [-0.4, -0.2) is 23.0 Å². The van der Waals surface area contributed by atoms with Gasteiger partial charge in [-0.2, -0.15) is 0 Å². The average molecular weight is 307 g/mol. The number of furan rings is 1. The highest BCUT2D eigenvalue weighted by molar-refractivity contribution is 5.96. The molecule has 0 spiro atoms. The van der Waals surface area contributed by atoms with Crippen molar-refractivity contribution in [2.75, 3.05) is 0 Å². The summed E-state index contributed by atoms with van der Waals surface area (Å²) in [5.74, 6) is -0.555. The fourth-order valence-electron chi connectivity index (χ4n) is 3.38. The fraction of sp³-hybridized carbons (Fsp3) is 0.647. The predicted molar refractivity (Wildman–Crippen MR) is 83.1 cm³/mol. The second kappa shape index (κ2) is 6.15. The molecule has 2 rings (SSSR count). The Hall–Kier alpha value is -1.78. The average Bonchev–Trinajstić information content (AvgIpc) is 2.85. The fourth-order valence-corrected chi connectivity index (χ4v) is 3.38. The van der Waals surface area contributed by atoms with Crippen LogP contribution in [0.2, 0.25) is 0 Å². The number of hydrogen-bond acceptors (Lipinski definition) is 3. The number of carboxylic acid groups (broad SMARTS) is 1. The third-order valence-electron chi connectivity index (χ3n) is 4.59. The Bertz CT molecular complexity index is 573. The van der Waals surface area contributed by atoms with E-state index in [2.05, 4.69) is 26.1 Å². The van der Waals surface area contributed by atoms with Crippen molar-refractivity contribution in [3.8, 4) is 0 Å². The summed E-state index contributed by atoms with van der Waals surface area (Å²) in [4.78, 5) is 23.5. The molecule has 22 heavy (non-hydrogen) atoms. The first-order valence-electron chi connectivity index (χ1n) is 7.90. The van der Waals surface area contributed by atoms with E-state index in [4.69, 9.17) is 9.52 Å². The molecule has 1 aromatic rings. The number of aromatic carboxylic acids is 1. The Morgan fingerprint density at radius 1 is 1.45 bits per heavy atom. The van der Waals surface area contributed by atoms with E-state index in [0.29, 0.717) is 23.5 Å². The van der Waals surface area contributed by atoms with Crippen molar-refractivity contribution in [2.24, 2.45) is 11.3 Å². The first-order chi connectivity index (χ1) is 10.2. The topological polar surface area (TPSA) is 79.5 Å². The van der Waals surface area contributed by atoms with Crippen LogP contribution in [0.1, 0.15) is 73.6 Å². The van der Waals surface area contributed by atoms with Gasteiger partial charge in [0.15, 0.2) is 5.76 Å². The lowest BCUT2D eigenvalue weighted by atomic mass is 9.70. The molecule has 0 saturated heterocycles. The summed E-state index contributed by atoms with van der Waals surface area (Å²) in [7, 11) is 0.